The minimum Gasteiger partial charge on any atom is -0.388 e. The number of aromatic nitrogens is 4. The van der Waals surface area contributed by atoms with Gasteiger partial charge in [0, 0.05) is 27.1 Å². The number of carbonyl (C=O) groups excluding carboxylic acids is 1. The first kappa shape index (κ1) is 16.2. The molecule has 8 nitrogen and oxygen atoms in total. The predicted octanol–water partition coefficient (Wildman–Crippen LogP) is -0.315. The van der Waals surface area contributed by atoms with E-state index in [0.717, 1.165) is 4.57 Å². The van der Waals surface area contributed by atoms with E-state index in [9.17, 15) is 19.5 Å². The van der Waals surface area contributed by atoms with E-state index in [4.69, 9.17) is 0 Å². The predicted molar refractivity (Wildman–Crippen MR) is 80.7 cm³/mol. The summed E-state index contributed by atoms with van der Waals surface area (Å²) in [6.07, 6.45) is 1.65. The summed E-state index contributed by atoms with van der Waals surface area (Å²) in [5, 5.41) is 9.25. The number of nitrogens with zero attached hydrogens (tertiary/aromatic N) is 4. The molecule has 1 N–H and O–H groups in total. The monoisotopic (exact) mass is 308 g/mol. The Kier molecular flexibility index (Phi) is 4.60. The van der Waals surface area contributed by atoms with Crippen molar-refractivity contribution in [1.82, 2.24) is 18.7 Å². The van der Waals surface area contributed by atoms with Crippen molar-refractivity contribution in [2.45, 2.75) is 39.3 Å². The quantitative estimate of drug-likeness (QED) is 0.738. The number of aliphatic hydroxyl groups is 1. The van der Waals surface area contributed by atoms with Gasteiger partial charge in [-0.25, -0.2) is 9.78 Å². The van der Waals surface area contributed by atoms with Gasteiger partial charge in [-0.1, -0.05) is 0 Å². The Bertz CT molecular complexity index is 828. The van der Waals surface area contributed by atoms with Crippen LogP contribution in [0.4, 0.5) is 0 Å². The number of fused-ring (bicyclic) bond motifs is 1. The molecule has 0 bridgehead atoms. The second-order valence-corrected chi connectivity index (χ2v) is 5.37. The molecule has 0 saturated carbocycles. The van der Waals surface area contributed by atoms with Gasteiger partial charge in [-0.3, -0.25) is 13.9 Å². The maximum atomic E-state index is 12.5. The third-order valence-electron chi connectivity index (χ3n) is 3.75. The van der Waals surface area contributed by atoms with E-state index in [2.05, 4.69) is 4.98 Å². The summed E-state index contributed by atoms with van der Waals surface area (Å²) in [6, 6.07) is 0. The van der Waals surface area contributed by atoms with Gasteiger partial charge in [0.25, 0.3) is 5.56 Å². The van der Waals surface area contributed by atoms with Crippen molar-refractivity contribution in [3.63, 3.8) is 0 Å². The molecule has 8 heteroatoms. The minimum absolute atomic E-state index is 0.0925. The van der Waals surface area contributed by atoms with Crippen LogP contribution in [0, 0.1) is 0 Å². The Labute approximate surface area is 126 Å². The lowest BCUT2D eigenvalue weighted by Gasteiger charge is -2.08. The molecule has 2 heterocycles. The lowest BCUT2D eigenvalue weighted by atomic mass is 10.2. The first-order valence-electron chi connectivity index (χ1n) is 7.14. The molecule has 0 unspecified atom stereocenters. The van der Waals surface area contributed by atoms with Gasteiger partial charge in [-0.05, 0) is 19.8 Å². The Hall–Kier alpha value is -2.22. The maximum absolute atomic E-state index is 12.5. The van der Waals surface area contributed by atoms with Gasteiger partial charge in [-0.15, -0.1) is 0 Å². The van der Waals surface area contributed by atoms with Crippen LogP contribution < -0.4 is 11.2 Å². The molecule has 22 heavy (non-hydrogen) atoms. The van der Waals surface area contributed by atoms with E-state index in [1.54, 1.807) is 14.1 Å². The fraction of sp³-hybridized carbons (Fsp3) is 0.571. The van der Waals surface area contributed by atoms with Gasteiger partial charge >= 0.3 is 5.69 Å². The number of ketones is 1. The molecular weight excluding hydrogens is 288 g/mol. The SMILES string of the molecule is CC(=O)CCCCn1c(=O)c2c(nc(CO)n2C)n(C)c1=O. The number of hydrogen-bond donors (Lipinski definition) is 1. The average Bonchev–Trinajstić information content (AvgIpc) is 2.81. The summed E-state index contributed by atoms with van der Waals surface area (Å²) < 4.78 is 3.97. The largest absolute Gasteiger partial charge is 0.388 e. The van der Waals surface area contributed by atoms with Gasteiger partial charge in [-0.2, -0.15) is 0 Å². The van der Waals surface area contributed by atoms with Gasteiger partial charge in [0.1, 0.15) is 18.2 Å². The Morgan fingerprint density at radius 1 is 1.18 bits per heavy atom. The van der Waals surface area contributed by atoms with Crippen LogP contribution in [0.3, 0.4) is 0 Å². The van der Waals surface area contributed by atoms with Gasteiger partial charge in [0.05, 0.1) is 0 Å². The molecule has 0 atom stereocenters. The van der Waals surface area contributed by atoms with E-state index in [0.29, 0.717) is 25.1 Å². The fourth-order valence-corrected chi connectivity index (χ4v) is 2.47. The number of carbonyl (C=O) groups is 1. The molecule has 0 amide bonds. The highest BCUT2D eigenvalue weighted by Crippen LogP contribution is 2.09. The molecule has 0 aliphatic rings. The first-order valence-corrected chi connectivity index (χ1v) is 7.14. The molecule has 0 aliphatic heterocycles. The summed E-state index contributed by atoms with van der Waals surface area (Å²) >= 11 is 0. The number of hydrogen-bond acceptors (Lipinski definition) is 5. The van der Waals surface area contributed by atoms with Crippen molar-refractivity contribution < 1.29 is 9.90 Å². The number of aryl methyl sites for hydroxylation is 2. The molecule has 2 rings (SSSR count). The van der Waals surface area contributed by atoms with Gasteiger partial charge in [0.2, 0.25) is 0 Å². The van der Waals surface area contributed by atoms with E-state index in [1.807, 2.05) is 0 Å². The lowest BCUT2D eigenvalue weighted by Crippen LogP contribution is -2.39. The molecule has 2 aromatic rings. The molecule has 0 fully saturated rings. The highest BCUT2D eigenvalue weighted by Gasteiger charge is 2.17. The average molecular weight is 308 g/mol. The molecule has 0 aromatic carbocycles. The summed E-state index contributed by atoms with van der Waals surface area (Å²) in [5.74, 6) is 0.423. The van der Waals surface area contributed by atoms with E-state index >= 15 is 0 Å². The summed E-state index contributed by atoms with van der Waals surface area (Å²) in [5.41, 5.74) is -0.308. The molecular formula is C14H20N4O4. The van der Waals surface area contributed by atoms with Gasteiger partial charge in [0.15, 0.2) is 11.2 Å². The number of aliphatic hydroxyl groups excluding tert-OH is 1. The first-order chi connectivity index (χ1) is 10.4. The van der Waals surface area contributed by atoms with Crippen LogP contribution in [0.25, 0.3) is 11.2 Å². The zero-order valence-electron chi connectivity index (χ0n) is 13.0. The number of Topliss-reactive ketones (excluding diaryl/α,β-unsaturated/α-hetero) is 1. The second kappa shape index (κ2) is 6.27. The van der Waals surface area contributed by atoms with Crippen LogP contribution >= 0.6 is 0 Å². The zero-order chi connectivity index (χ0) is 16.4. The summed E-state index contributed by atoms with van der Waals surface area (Å²) in [7, 11) is 3.18. The van der Waals surface area contributed by atoms with Crippen molar-refractivity contribution in [1.29, 1.82) is 0 Å². The third kappa shape index (κ3) is 2.74. The summed E-state index contributed by atoms with van der Waals surface area (Å²) in [6.45, 7) is 1.47. The Morgan fingerprint density at radius 2 is 1.86 bits per heavy atom. The third-order valence-corrected chi connectivity index (χ3v) is 3.75. The van der Waals surface area contributed by atoms with Crippen LogP contribution in [0.1, 0.15) is 32.0 Å². The highest BCUT2D eigenvalue weighted by molar-refractivity contribution is 5.75. The van der Waals surface area contributed by atoms with Crippen molar-refractivity contribution in [3.05, 3.63) is 26.7 Å². The molecule has 0 spiro atoms. The molecule has 0 saturated heterocycles. The smallest absolute Gasteiger partial charge is 0.332 e. The maximum Gasteiger partial charge on any atom is 0.332 e. The standard InChI is InChI=1S/C14H20N4O4/c1-9(20)6-4-5-7-18-13(21)11-12(17(3)14(18)22)15-10(8-19)16(11)2/h19H,4-8H2,1-3H3. The van der Waals surface area contributed by atoms with Crippen LogP contribution in [0.2, 0.25) is 0 Å². The number of unbranched alkanes of at least 4 members (excludes halogenated alkanes) is 1. The van der Waals surface area contributed by atoms with Crippen LogP contribution in [-0.4, -0.2) is 29.6 Å². The highest BCUT2D eigenvalue weighted by atomic mass is 16.3. The van der Waals surface area contributed by atoms with Crippen LogP contribution in [0.15, 0.2) is 9.59 Å². The van der Waals surface area contributed by atoms with Crippen LogP contribution in [0.5, 0.6) is 0 Å². The lowest BCUT2D eigenvalue weighted by molar-refractivity contribution is -0.117. The van der Waals surface area contributed by atoms with Crippen molar-refractivity contribution in [2.24, 2.45) is 14.1 Å². The Balaban J connectivity index is 2.47. The molecule has 0 radical (unpaired) electrons. The number of imidazole rings is 1. The zero-order valence-corrected chi connectivity index (χ0v) is 13.0. The topological polar surface area (TPSA) is 99.1 Å². The minimum atomic E-state index is -0.442. The molecule has 2 aromatic heterocycles. The number of rotatable bonds is 6. The van der Waals surface area contributed by atoms with E-state index in [-0.39, 0.29) is 30.1 Å². The van der Waals surface area contributed by atoms with Gasteiger partial charge < -0.3 is 14.5 Å². The summed E-state index contributed by atoms with van der Waals surface area (Å²) in [4.78, 5) is 39.9. The van der Waals surface area contributed by atoms with Crippen molar-refractivity contribution in [2.75, 3.05) is 0 Å². The van der Waals surface area contributed by atoms with E-state index in [1.165, 1.54) is 16.1 Å². The van der Waals surface area contributed by atoms with Crippen molar-refractivity contribution in [3.8, 4) is 0 Å². The Morgan fingerprint density at radius 3 is 2.45 bits per heavy atom. The van der Waals surface area contributed by atoms with Crippen LogP contribution in [-0.2, 0) is 32.0 Å². The molecule has 120 valence electrons. The normalized spacial score (nSPS) is 11.3. The fourth-order valence-electron chi connectivity index (χ4n) is 2.47. The molecule has 0 aliphatic carbocycles. The van der Waals surface area contributed by atoms with Crippen molar-refractivity contribution >= 4 is 16.9 Å². The second-order valence-electron chi connectivity index (χ2n) is 5.37. The van der Waals surface area contributed by atoms with E-state index < -0.39 is 11.2 Å².